The van der Waals surface area contributed by atoms with Crippen LogP contribution in [0.25, 0.3) is 0 Å². The van der Waals surface area contributed by atoms with Crippen LogP contribution in [0.15, 0.2) is 0 Å². The van der Waals surface area contributed by atoms with Crippen LogP contribution in [0.3, 0.4) is 0 Å². The highest BCUT2D eigenvalue weighted by atomic mass is 35.5. The minimum Gasteiger partial charge on any atom is -0.348 e. The molecular formula is C11H24ClN3O3S. The summed E-state index contributed by atoms with van der Waals surface area (Å²) in [5, 5.41) is 2.27. The van der Waals surface area contributed by atoms with Gasteiger partial charge in [-0.25, -0.2) is 13.1 Å². The van der Waals surface area contributed by atoms with Crippen LogP contribution in [-0.2, 0) is 14.8 Å². The van der Waals surface area contributed by atoms with Gasteiger partial charge in [0.1, 0.15) is 0 Å². The van der Waals surface area contributed by atoms with Gasteiger partial charge in [-0.3, -0.25) is 4.79 Å². The van der Waals surface area contributed by atoms with Gasteiger partial charge in [0.15, 0.2) is 5.25 Å². The molecule has 2 N–H and O–H groups in total. The number of rotatable bonds is 6. The molecule has 1 aliphatic heterocycles. The lowest BCUT2D eigenvalue weighted by molar-refractivity contribution is -0.127. The molecule has 1 amide bonds. The highest BCUT2D eigenvalue weighted by Gasteiger charge is 2.28. The Balaban J connectivity index is 0.00000324. The van der Waals surface area contributed by atoms with Crippen molar-refractivity contribution in [3.05, 3.63) is 0 Å². The molecule has 0 aromatic carbocycles. The number of carbonyl (C=O) groups is 1. The average molecular weight is 314 g/mol. The summed E-state index contributed by atoms with van der Waals surface area (Å²) in [5.41, 5.74) is 0. The van der Waals surface area contributed by atoms with Crippen molar-refractivity contribution in [2.24, 2.45) is 0 Å². The predicted molar refractivity (Wildman–Crippen MR) is 78.0 cm³/mol. The number of nitrogens with one attached hydrogen (secondary N) is 2. The normalized spacial score (nSPS) is 20.7. The van der Waals surface area contributed by atoms with E-state index >= 15 is 0 Å². The van der Waals surface area contributed by atoms with Crippen LogP contribution in [-0.4, -0.2) is 57.7 Å². The van der Waals surface area contributed by atoms with Crippen molar-refractivity contribution >= 4 is 28.3 Å². The first-order valence-electron chi connectivity index (χ1n) is 6.27. The van der Waals surface area contributed by atoms with Gasteiger partial charge in [0.2, 0.25) is 15.9 Å². The Labute approximate surface area is 121 Å². The summed E-state index contributed by atoms with van der Waals surface area (Å²) in [6.07, 6.45) is 3.00. The third kappa shape index (κ3) is 5.64. The van der Waals surface area contributed by atoms with Crippen molar-refractivity contribution in [3.8, 4) is 0 Å². The lowest BCUT2D eigenvalue weighted by Gasteiger charge is -2.18. The molecule has 1 aliphatic rings. The molecule has 19 heavy (non-hydrogen) atoms. The maximum absolute atomic E-state index is 11.9. The van der Waals surface area contributed by atoms with Gasteiger partial charge >= 0.3 is 0 Å². The second-order valence-electron chi connectivity index (χ2n) is 4.90. The molecule has 0 bridgehead atoms. The molecular weight excluding hydrogens is 290 g/mol. The van der Waals surface area contributed by atoms with Gasteiger partial charge in [-0.05, 0) is 32.7 Å². The van der Waals surface area contributed by atoms with Gasteiger partial charge in [-0.1, -0.05) is 0 Å². The first kappa shape index (κ1) is 18.6. The minimum atomic E-state index is -3.57. The number of halogens is 1. The summed E-state index contributed by atoms with van der Waals surface area (Å²) >= 11 is 0. The van der Waals surface area contributed by atoms with Crippen molar-refractivity contribution in [1.29, 1.82) is 0 Å². The standard InChI is InChI=1S/C11H23N3O3S.ClH/c1-9(11(15)14(2)3)18(16,17)13-8-6-10-5-4-7-12-10;/h9-10,12-13H,4-8H2,1-3H3;1H/t9?,10-;/m1./s1. The molecule has 0 aliphatic carbocycles. The molecule has 114 valence electrons. The third-order valence-electron chi connectivity index (χ3n) is 3.21. The Morgan fingerprint density at radius 1 is 1.47 bits per heavy atom. The lowest BCUT2D eigenvalue weighted by Crippen LogP contribution is -2.43. The Morgan fingerprint density at radius 2 is 2.11 bits per heavy atom. The Hall–Kier alpha value is -0.370. The Kier molecular flexibility index (Phi) is 7.88. The van der Waals surface area contributed by atoms with Gasteiger partial charge in [0, 0.05) is 26.7 Å². The van der Waals surface area contributed by atoms with Gasteiger partial charge < -0.3 is 10.2 Å². The summed E-state index contributed by atoms with van der Waals surface area (Å²) in [7, 11) is -0.460. The van der Waals surface area contributed by atoms with Gasteiger partial charge in [0.25, 0.3) is 0 Å². The smallest absolute Gasteiger partial charge is 0.241 e. The zero-order valence-corrected chi connectivity index (χ0v) is 13.3. The molecule has 2 atom stereocenters. The number of sulfonamides is 1. The van der Waals surface area contributed by atoms with Crippen LogP contribution in [0.4, 0.5) is 0 Å². The van der Waals surface area contributed by atoms with E-state index in [1.54, 1.807) is 14.1 Å². The van der Waals surface area contributed by atoms with Crippen LogP contribution in [0, 0.1) is 0 Å². The van der Waals surface area contributed by atoms with E-state index in [4.69, 9.17) is 0 Å². The van der Waals surface area contributed by atoms with E-state index in [1.165, 1.54) is 11.8 Å². The quantitative estimate of drug-likeness (QED) is 0.720. The van der Waals surface area contributed by atoms with Crippen molar-refractivity contribution in [2.75, 3.05) is 27.2 Å². The zero-order chi connectivity index (χ0) is 13.8. The highest BCUT2D eigenvalue weighted by molar-refractivity contribution is 7.90. The molecule has 0 aromatic heterocycles. The molecule has 1 fully saturated rings. The summed E-state index contributed by atoms with van der Waals surface area (Å²) in [6.45, 7) is 2.80. The SMILES string of the molecule is CC(C(=O)N(C)C)S(=O)(=O)NCC[C@H]1CCCN1.Cl. The number of hydrogen-bond acceptors (Lipinski definition) is 4. The largest absolute Gasteiger partial charge is 0.348 e. The fourth-order valence-corrected chi connectivity index (χ4v) is 3.13. The molecule has 1 rings (SSSR count). The van der Waals surface area contributed by atoms with E-state index in [1.807, 2.05) is 0 Å². The van der Waals surface area contributed by atoms with E-state index in [-0.39, 0.29) is 12.4 Å². The minimum absolute atomic E-state index is 0. The van der Waals surface area contributed by atoms with Crippen LogP contribution < -0.4 is 10.0 Å². The maximum Gasteiger partial charge on any atom is 0.241 e. The third-order valence-corrected chi connectivity index (χ3v) is 4.95. The van der Waals surface area contributed by atoms with Crippen molar-refractivity contribution in [1.82, 2.24) is 14.9 Å². The first-order valence-corrected chi connectivity index (χ1v) is 7.82. The van der Waals surface area contributed by atoms with Crippen LogP contribution >= 0.6 is 12.4 Å². The van der Waals surface area contributed by atoms with E-state index in [0.29, 0.717) is 12.6 Å². The van der Waals surface area contributed by atoms with Crippen LogP contribution in [0.5, 0.6) is 0 Å². The van der Waals surface area contributed by atoms with Crippen molar-refractivity contribution < 1.29 is 13.2 Å². The van der Waals surface area contributed by atoms with Gasteiger partial charge in [-0.2, -0.15) is 0 Å². The van der Waals surface area contributed by atoms with Gasteiger partial charge in [-0.15, -0.1) is 12.4 Å². The summed E-state index contributed by atoms with van der Waals surface area (Å²) < 4.78 is 26.2. The lowest BCUT2D eigenvalue weighted by atomic mass is 10.2. The molecule has 0 radical (unpaired) electrons. The number of carbonyl (C=O) groups excluding carboxylic acids is 1. The first-order chi connectivity index (χ1) is 8.34. The highest BCUT2D eigenvalue weighted by Crippen LogP contribution is 2.08. The molecule has 0 aromatic rings. The fraction of sp³-hybridized carbons (Fsp3) is 0.909. The van der Waals surface area contributed by atoms with Crippen LogP contribution in [0.2, 0.25) is 0 Å². The topological polar surface area (TPSA) is 78.5 Å². The Bertz CT molecular complexity index is 381. The molecule has 0 spiro atoms. The van der Waals surface area contributed by atoms with E-state index < -0.39 is 21.2 Å². The van der Waals surface area contributed by atoms with Crippen molar-refractivity contribution in [2.45, 2.75) is 37.5 Å². The van der Waals surface area contributed by atoms with E-state index in [9.17, 15) is 13.2 Å². The number of amides is 1. The van der Waals surface area contributed by atoms with Crippen molar-refractivity contribution in [3.63, 3.8) is 0 Å². The fourth-order valence-electron chi connectivity index (χ4n) is 2.00. The molecule has 8 heteroatoms. The number of nitrogens with zero attached hydrogens (tertiary/aromatic N) is 1. The molecule has 6 nitrogen and oxygen atoms in total. The summed E-state index contributed by atoms with van der Waals surface area (Å²) in [4.78, 5) is 12.9. The monoisotopic (exact) mass is 313 g/mol. The molecule has 0 saturated carbocycles. The molecule has 1 saturated heterocycles. The summed E-state index contributed by atoms with van der Waals surface area (Å²) in [6, 6.07) is 0.396. The van der Waals surface area contributed by atoms with E-state index in [2.05, 4.69) is 10.0 Å². The van der Waals surface area contributed by atoms with Crippen LogP contribution in [0.1, 0.15) is 26.2 Å². The summed E-state index contributed by atoms with van der Waals surface area (Å²) in [5.74, 6) is -0.401. The number of hydrogen-bond donors (Lipinski definition) is 2. The van der Waals surface area contributed by atoms with E-state index in [0.717, 1.165) is 25.8 Å². The van der Waals surface area contributed by atoms with Gasteiger partial charge in [0.05, 0.1) is 0 Å². The average Bonchev–Trinajstić information content (AvgIpc) is 2.79. The zero-order valence-electron chi connectivity index (χ0n) is 11.7. The second-order valence-corrected chi connectivity index (χ2v) is 6.98. The Morgan fingerprint density at radius 3 is 2.58 bits per heavy atom. The predicted octanol–water partition coefficient (Wildman–Crippen LogP) is -0.0536. The maximum atomic E-state index is 11.9. The second kappa shape index (κ2) is 8.04. The molecule has 1 heterocycles. The molecule has 1 unspecified atom stereocenters.